The van der Waals surface area contributed by atoms with Crippen LogP contribution in [0.5, 0.6) is 0 Å². The van der Waals surface area contributed by atoms with E-state index in [2.05, 4.69) is 81.5 Å². The van der Waals surface area contributed by atoms with E-state index < -0.39 is 6.10 Å². The Morgan fingerprint density at radius 2 is 0.603 bits per heavy atom. The zero-order valence-corrected chi connectivity index (χ0v) is 41.1. The summed E-state index contributed by atoms with van der Waals surface area (Å²) in [5.41, 5.74) is 0. The highest BCUT2D eigenvalue weighted by Crippen LogP contribution is 2.14. The molecule has 0 aromatic heterocycles. The smallest absolute Gasteiger partial charge is 0.306 e. The fourth-order valence-corrected chi connectivity index (χ4v) is 7.05. The Kier molecular flexibility index (Phi) is 48.5. The van der Waals surface area contributed by atoms with Crippen LogP contribution < -0.4 is 0 Å². The van der Waals surface area contributed by atoms with Crippen LogP contribution in [0.25, 0.3) is 0 Å². The van der Waals surface area contributed by atoms with Crippen molar-refractivity contribution in [3.05, 3.63) is 85.1 Å². The summed E-state index contributed by atoms with van der Waals surface area (Å²) in [5.74, 6) is -0.948. The van der Waals surface area contributed by atoms with Gasteiger partial charge in [-0.05, 0) is 64.2 Å². The average molecular weight is 877 g/mol. The van der Waals surface area contributed by atoms with Crippen molar-refractivity contribution in [2.75, 3.05) is 13.2 Å². The molecule has 0 aromatic rings. The first-order valence-electron chi connectivity index (χ1n) is 26.2. The fourth-order valence-electron chi connectivity index (χ4n) is 7.05. The van der Waals surface area contributed by atoms with Crippen molar-refractivity contribution in [2.24, 2.45) is 0 Å². The van der Waals surface area contributed by atoms with E-state index in [0.29, 0.717) is 19.3 Å². The van der Waals surface area contributed by atoms with Crippen LogP contribution in [0.15, 0.2) is 85.1 Å². The number of hydrogen-bond acceptors (Lipinski definition) is 6. The van der Waals surface area contributed by atoms with Crippen molar-refractivity contribution in [3.63, 3.8) is 0 Å². The van der Waals surface area contributed by atoms with Crippen molar-refractivity contribution in [3.8, 4) is 0 Å². The maximum absolute atomic E-state index is 12.8. The number of esters is 3. The summed E-state index contributed by atoms with van der Waals surface area (Å²) in [4.78, 5) is 38.0. The highest BCUT2D eigenvalue weighted by molar-refractivity contribution is 5.71. The van der Waals surface area contributed by atoms with Crippen LogP contribution in [-0.2, 0) is 28.6 Å². The maximum atomic E-state index is 12.8. The number of ether oxygens (including phenoxy) is 3. The largest absolute Gasteiger partial charge is 0.462 e. The summed E-state index contributed by atoms with van der Waals surface area (Å²) in [6.07, 6.45) is 65.6. The minimum absolute atomic E-state index is 0.0948. The summed E-state index contributed by atoms with van der Waals surface area (Å²) in [6, 6.07) is 0. The van der Waals surface area contributed by atoms with Gasteiger partial charge >= 0.3 is 17.9 Å². The van der Waals surface area contributed by atoms with Gasteiger partial charge < -0.3 is 14.2 Å². The van der Waals surface area contributed by atoms with E-state index in [1.807, 2.05) is 24.3 Å². The molecule has 1 unspecified atom stereocenters. The van der Waals surface area contributed by atoms with E-state index in [4.69, 9.17) is 14.2 Å². The molecule has 6 nitrogen and oxygen atoms in total. The standard InChI is InChI=1S/C57H96O6/c1-4-7-10-13-16-19-22-24-26-28-29-31-32-35-38-41-44-47-50-56(59)62-53-54(52-61-55(58)49-46-43-40-37-34-21-18-15-12-9-6-3)63-57(60)51-48-45-42-39-36-33-30-27-25-23-20-17-14-11-8-5-2/h10,13,16,19,22,24,26-31,33,36,54H,4-9,11-12,14-15,17-18,20-21,23,25,32,34-35,37-53H2,1-3H3/b13-10-,19-16-,24-22-,28-26-,30-27-,31-29-,36-33-. The van der Waals surface area contributed by atoms with Crippen LogP contribution in [0.4, 0.5) is 0 Å². The molecule has 0 fully saturated rings. The highest BCUT2D eigenvalue weighted by Gasteiger charge is 2.19. The second-order valence-electron chi connectivity index (χ2n) is 17.2. The van der Waals surface area contributed by atoms with Gasteiger partial charge in [0.1, 0.15) is 13.2 Å². The van der Waals surface area contributed by atoms with E-state index >= 15 is 0 Å². The Labute approximate surface area is 388 Å². The zero-order chi connectivity index (χ0) is 45.8. The molecule has 0 spiro atoms. The van der Waals surface area contributed by atoms with Crippen LogP contribution >= 0.6 is 0 Å². The maximum Gasteiger partial charge on any atom is 0.306 e. The Morgan fingerprint density at radius 3 is 0.984 bits per heavy atom. The predicted octanol–water partition coefficient (Wildman–Crippen LogP) is 17.2. The summed E-state index contributed by atoms with van der Waals surface area (Å²) < 4.78 is 16.8. The van der Waals surface area contributed by atoms with Crippen LogP contribution in [0.3, 0.4) is 0 Å². The molecule has 0 saturated carbocycles. The number of carbonyl (C=O) groups is 3. The zero-order valence-electron chi connectivity index (χ0n) is 41.1. The molecule has 0 N–H and O–H groups in total. The first-order chi connectivity index (χ1) is 31.0. The first-order valence-corrected chi connectivity index (χ1v) is 26.2. The molecule has 0 aromatic carbocycles. The van der Waals surface area contributed by atoms with Crippen LogP contribution in [0.2, 0.25) is 0 Å². The van der Waals surface area contributed by atoms with Gasteiger partial charge in [0.2, 0.25) is 0 Å². The molecule has 360 valence electrons. The van der Waals surface area contributed by atoms with E-state index in [9.17, 15) is 14.4 Å². The molecule has 0 aliphatic heterocycles. The Balaban J connectivity index is 4.47. The van der Waals surface area contributed by atoms with E-state index in [-0.39, 0.29) is 31.1 Å². The fraction of sp³-hybridized carbons (Fsp3) is 0.702. The average Bonchev–Trinajstić information content (AvgIpc) is 3.28. The lowest BCUT2D eigenvalue weighted by Crippen LogP contribution is -2.30. The lowest BCUT2D eigenvalue weighted by molar-refractivity contribution is -0.167. The Hall–Kier alpha value is -3.41. The number of carbonyl (C=O) groups excluding carboxylic acids is 3. The van der Waals surface area contributed by atoms with Crippen LogP contribution in [0, 0.1) is 0 Å². The van der Waals surface area contributed by atoms with Gasteiger partial charge in [0, 0.05) is 19.3 Å². The summed E-state index contributed by atoms with van der Waals surface area (Å²) in [5, 5.41) is 0. The summed E-state index contributed by atoms with van der Waals surface area (Å²) in [6.45, 7) is 6.49. The molecular weight excluding hydrogens is 781 g/mol. The van der Waals surface area contributed by atoms with Crippen molar-refractivity contribution in [1.82, 2.24) is 0 Å². The summed E-state index contributed by atoms with van der Waals surface area (Å²) in [7, 11) is 0. The highest BCUT2D eigenvalue weighted by atomic mass is 16.6. The molecule has 6 heteroatoms. The molecule has 0 radical (unpaired) electrons. The van der Waals surface area contributed by atoms with Crippen molar-refractivity contribution in [1.29, 1.82) is 0 Å². The number of unbranched alkanes of at least 4 members (excludes halogenated alkanes) is 26. The molecule has 0 heterocycles. The topological polar surface area (TPSA) is 78.9 Å². The monoisotopic (exact) mass is 877 g/mol. The Morgan fingerprint density at radius 1 is 0.317 bits per heavy atom. The minimum atomic E-state index is -0.799. The molecule has 0 aliphatic rings. The van der Waals surface area contributed by atoms with Gasteiger partial charge in [-0.1, -0.05) is 241 Å². The summed E-state index contributed by atoms with van der Waals surface area (Å²) >= 11 is 0. The first kappa shape index (κ1) is 59.6. The van der Waals surface area contributed by atoms with Crippen molar-refractivity contribution < 1.29 is 28.6 Å². The number of rotatable bonds is 46. The second kappa shape index (κ2) is 51.2. The van der Waals surface area contributed by atoms with Crippen molar-refractivity contribution >= 4 is 17.9 Å². The lowest BCUT2D eigenvalue weighted by Gasteiger charge is -2.18. The SMILES string of the molecule is CCC\C=C/C=C\C=C/C=C\C=C/CCCCCCCC(=O)OCC(COC(=O)CCCCCCCCCCCCC)OC(=O)CCCCC/C=C\C=C/CCCCCCCCC. The number of hydrogen-bond donors (Lipinski definition) is 0. The molecule has 0 amide bonds. The van der Waals surface area contributed by atoms with Crippen molar-refractivity contribution in [2.45, 2.75) is 245 Å². The Bertz CT molecular complexity index is 1240. The van der Waals surface area contributed by atoms with Crippen LogP contribution in [-0.4, -0.2) is 37.2 Å². The molecular formula is C57H96O6. The van der Waals surface area contributed by atoms with E-state index in [1.165, 1.54) is 103 Å². The molecule has 0 rings (SSSR count). The van der Waals surface area contributed by atoms with Gasteiger partial charge in [-0.15, -0.1) is 0 Å². The molecule has 0 bridgehead atoms. The number of allylic oxidation sites excluding steroid dienone is 14. The van der Waals surface area contributed by atoms with Gasteiger partial charge in [0.25, 0.3) is 0 Å². The molecule has 1 atom stereocenters. The van der Waals surface area contributed by atoms with Gasteiger partial charge in [-0.2, -0.15) is 0 Å². The van der Waals surface area contributed by atoms with Gasteiger partial charge in [0.05, 0.1) is 0 Å². The van der Waals surface area contributed by atoms with Gasteiger partial charge in [-0.3, -0.25) is 14.4 Å². The lowest BCUT2D eigenvalue weighted by atomic mass is 10.1. The predicted molar refractivity (Wildman–Crippen MR) is 270 cm³/mol. The normalized spacial score (nSPS) is 12.7. The minimum Gasteiger partial charge on any atom is -0.462 e. The second-order valence-corrected chi connectivity index (χ2v) is 17.2. The van der Waals surface area contributed by atoms with E-state index in [0.717, 1.165) is 96.3 Å². The third-order valence-electron chi connectivity index (χ3n) is 11.0. The third-order valence-corrected chi connectivity index (χ3v) is 11.0. The third kappa shape index (κ3) is 49.5. The molecule has 0 saturated heterocycles. The van der Waals surface area contributed by atoms with Crippen LogP contribution in [0.1, 0.15) is 239 Å². The quantitative estimate of drug-likeness (QED) is 0.0262. The molecule has 63 heavy (non-hydrogen) atoms. The van der Waals surface area contributed by atoms with Gasteiger partial charge in [0.15, 0.2) is 6.10 Å². The molecule has 0 aliphatic carbocycles. The van der Waals surface area contributed by atoms with E-state index in [1.54, 1.807) is 0 Å². The van der Waals surface area contributed by atoms with Gasteiger partial charge in [-0.25, -0.2) is 0 Å².